The van der Waals surface area contributed by atoms with Crippen molar-refractivity contribution in [2.24, 2.45) is 5.10 Å². The SMILES string of the molecule is COc1cc(/C=N\NC(=O)COc2ccccc2Cl)ccc1OCc1ccc(F)cc1. The first kappa shape index (κ1) is 22.1. The number of nitrogens with one attached hydrogen (secondary N) is 1. The van der Waals surface area contributed by atoms with Crippen LogP contribution < -0.4 is 19.6 Å². The van der Waals surface area contributed by atoms with Gasteiger partial charge in [0.25, 0.3) is 5.91 Å². The largest absolute Gasteiger partial charge is 0.493 e. The number of carbonyl (C=O) groups excluding carboxylic acids is 1. The van der Waals surface area contributed by atoms with Crippen LogP contribution in [0.3, 0.4) is 0 Å². The molecule has 8 heteroatoms. The van der Waals surface area contributed by atoms with Gasteiger partial charge < -0.3 is 14.2 Å². The molecule has 3 aromatic carbocycles. The van der Waals surface area contributed by atoms with Crippen molar-refractivity contribution in [3.63, 3.8) is 0 Å². The van der Waals surface area contributed by atoms with Crippen molar-refractivity contribution in [2.45, 2.75) is 6.61 Å². The molecule has 3 rings (SSSR count). The number of para-hydroxylation sites is 1. The lowest BCUT2D eigenvalue weighted by atomic mass is 10.2. The second-order valence-corrected chi connectivity index (χ2v) is 6.74. The highest BCUT2D eigenvalue weighted by atomic mass is 35.5. The summed E-state index contributed by atoms with van der Waals surface area (Å²) in [4.78, 5) is 11.9. The minimum Gasteiger partial charge on any atom is -0.493 e. The van der Waals surface area contributed by atoms with Gasteiger partial charge >= 0.3 is 0 Å². The topological polar surface area (TPSA) is 69.2 Å². The summed E-state index contributed by atoms with van der Waals surface area (Å²) in [5, 5.41) is 4.34. The maximum Gasteiger partial charge on any atom is 0.277 e. The van der Waals surface area contributed by atoms with E-state index in [0.717, 1.165) is 5.56 Å². The summed E-state index contributed by atoms with van der Waals surface area (Å²) < 4.78 is 29.4. The van der Waals surface area contributed by atoms with Crippen molar-refractivity contribution in [3.05, 3.63) is 88.7 Å². The molecule has 0 unspecified atom stereocenters. The fourth-order valence-corrected chi connectivity index (χ4v) is 2.73. The molecule has 0 saturated carbocycles. The number of hydrogen-bond donors (Lipinski definition) is 1. The summed E-state index contributed by atoms with van der Waals surface area (Å²) in [6.45, 7) is 0.0477. The van der Waals surface area contributed by atoms with Gasteiger partial charge in [-0.25, -0.2) is 9.82 Å². The molecule has 3 aromatic rings. The molecule has 6 nitrogen and oxygen atoms in total. The number of ether oxygens (including phenoxy) is 3. The standard InChI is InChI=1S/C23H20ClFN2O4/c1-29-22-12-17(8-11-21(22)30-14-16-6-9-18(25)10-7-16)13-26-27-23(28)15-31-20-5-3-2-4-19(20)24/h2-13H,14-15H2,1H3,(H,27,28)/b26-13-. The van der Waals surface area contributed by atoms with E-state index in [4.69, 9.17) is 25.8 Å². The zero-order valence-corrected chi connectivity index (χ0v) is 17.4. The van der Waals surface area contributed by atoms with Gasteiger partial charge in [0, 0.05) is 0 Å². The molecule has 1 N–H and O–H groups in total. The van der Waals surface area contributed by atoms with Gasteiger partial charge in [-0.05, 0) is 53.6 Å². The summed E-state index contributed by atoms with van der Waals surface area (Å²) in [6.07, 6.45) is 1.47. The highest BCUT2D eigenvalue weighted by Crippen LogP contribution is 2.28. The quantitative estimate of drug-likeness (QED) is 0.388. The van der Waals surface area contributed by atoms with Crippen LogP contribution in [0.5, 0.6) is 17.2 Å². The molecule has 160 valence electrons. The van der Waals surface area contributed by atoms with Crippen LogP contribution in [0.15, 0.2) is 71.8 Å². The van der Waals surface area contributed by atoms with Crippen molar-refractivity contribution in [1.82, 2.24) is 5.43 Å². The third-order valence-corrected chi connectivity index (χ3v) is 4.41. The van der Waals surface area contributed by atoms with Crippen LogP contribution in [0, 0.1) is 5.82 Å². The lowest BCUT2D eigenvalue weighted by molar-refractivity contribution is -0.123. The van der Waals surface area contributed by atoms with E-state index in [-0.39, 0.29) is 19.0 Å². The molecule has 0 heterocycles. The normalized spacial score (nSPS) is 10.7. The van der Waals surface area contributed by atoms with Crippen LogP contribution in [-0.2, 0) is 11.4 Å². The average molecular weight is 443 g/mol. The van der Waals surface area contributed by atoms with Crippen LogP contribution >= 0.6 is 11.6 Å². The van der Waals surface area contributed by atoms with E-state index in [2.05, 4.69) is 10.5 Å². The summed E-state index contributed by atoms with van der Waals surface area (Å²) in [7, 11) is 1.52. The second-order valence-electron chi connectivity index (χ2n) is 6.34. The van der Waals surface area contributed by atoms with Gasteiger partial charge in [-0.2, -0.15) is 5.10 Å². The Hall–Kier alpha value is -3.58. The summed E-state index contributed by atoms with van der Waals surface area (Å²) in [6, 6.07) is 18.2. The minimum atomic E-state index is -0.428. The van der Waals surface area contributed by atoms with Gasteiger partial charge in [-0.15, -0.1) is 0 Å². The van der Waals surface area contributed by atoms with E-state index in [1.807, 2.05) is 0 Å². The van der Waals surface area contributed by atoms with Crippen molar-refractivity contribution in [3.8, 4) is 17.2 Å². The van der Waals surface area contributed by atoms with Gasteiger partial charge in [0.1, 0.15) is 18.2 Å². The van der Waals surface area contributed by atoms with Gasteiger partial charge in [-0.1, -0.05) is 35.9 Å². The monoisotopic (exact) mass is 442 g/mol. The van der Waals surface area contributed by atoms with Crippen LogP contribution in [0.1, 0.15) is 11.1 Å². The molecular formula is C23H20ClFN2O4. The van der Waals surface area contributed by atoms with Gasteiger partial charge in [0.05, 0.1) is 18.3 Å². The Kier molecular flexibility index (Phi) is 7.84. The third-order valence-electron chi connectivity index (χ3n) is 4.09. The Morgan fingerprint density at radius 2 is 1.81 bits per heavy atom. The fraction of sp³-hybridized carbons (Fsp3) is 0.130. The van der Waals surface area contributed by atoms with E-state index in [1.165, 1.54) is 25.5 Å². The summed E-state index contributed by atoms with van der Waals surface area (Å²) >= 11 is 5.97. The van der Waals surface area contributed by atoms with E-state index in [0.29, 0.717) is 27.8 Å². The van der Waals surface area contributed by atoms with Crippen LogP contribution in [0.25, 0.3) is 0 Å². The predicted octanol–water partition coefficient (Wildman–Crippen LogP) is 4.60. The molecule has 0 aromatic heterocycles. The van der Waals surface area contributed by atoms with Gasteiger partial charge in [-0.3, -0.25) is 4.79 Å². The van der Waals surface area contributed by atoms with Crippen molar-refractivity contribution < 1.29 is 23.4 Å². The molecule has 0 radical (unpaired) electrons. The Morgan fingerprint density at radius 3 is 2.55 bits per heavy atom. The molecule has 0 bridgehead atoms. The van der Waals surface area contributed by atoms with Gasteiger partial charge in [0.15, 0.2) is 18.1 Å². The molecule has 0 atom stereocenters. The lowest BCUT2D eigenvalue weighted by Gasteiger charge is -2.11. The smallest absolute Gasteiger partial charge is 0.277 e. The number of hydrogen-bond acceptors (Lipinski definition) is 5. The number of nitrogens with zero attached hydrogens (tertiary/aromatic N) is 1. The number of carbonyl (C=O) groups is 1. The molecule has 0 fully saturated rings. The summed E-state index contributed by atoms with van der Waals surface area (Å²) in [5.74, 6) is 0.722. The molecule has 0 spiro atoms. The highest BCUT2D eigenvalue weighted by molar-refractivity contribution is 6.32. The Bertz CT molecular complexity index is 1060. The number of amides is 1. The number of rotatable bonds is 9. The van der Waals surface area contributed by atoms with Crippen LogP contribution in [0.4, 0.5) is 4.39 Å². The third kappa shape index (κ3) is 6.72. The van der Waals surface area contributed by atoms with Crippen molar-refractivity contribution in [1.29, 1.82) is 0 Å². The van der Waals surface area contributed by atoms with Gasteiger partial charge in [0.2, 0.25) is 0 Å². The molecular weight excluding hydrogens is 423 g/mol. The summed E-state index contributed by atoms with van der Waals surface area (Å²) in [5.41, 5.74) is 3.91. The van der Waals surface area contributed by atoms with E-state index < -0.39 is 5.91 Å². The zero-order chi connectivity index (χ0) is 22.1. The number of benzene rings is 3. The molecule has 0 aliphatic heterocycles. The molecule has 0 aliphatic rings. The molecule has 31 heavy (non-hydrogen) atoms. The van der Waals surface area contributed by atoms with Crippen molar-refractivity contribution >= 4 is 23.7 Å². The Morgan fingerprint density at radius 1 is 1.03 bits per heavy atom. The predicted molar refractivity (Wildman–Crippen MR) is 116 cm³/mol. The first-order valence-corrected chi connectivity index (χ1v) is 9.67. The number of methoxy groups -OCH3 is 1. The van der Waals surface area contributed by atoms with E-state index in [9.17, 15) is 9.18 Å². The second kappa shape index (κ2) is 11.0. The maximum absolute atomic E-state index is 13.0. The van der Waals surface area contributed by atoms with Crippen LogP contribution in [-0.4, -0.2) is 25.8 Å². The zero-order valence-electron chi connectivity index (χ0n) is 16.7. The Labute approximate surface area is 184 Å². The first-order valence-electron chi connectivity index (χ1n) is 9.29. The van der Waals surface area contributed by atoms with Crippen molar-refractivity contribution in [2.75, 3.05) is 13.7 Å². The highest BCUT2D eigenvalue weighted by Gasteiger charge is 2.07. The molecule has 0 aliphatic carbocycles. The van der Waals surface area contributed by atoms with Crippen LogP contribution in [0.2, 0.25) is 5.02 Å². The average Bonchev–Trinajstić information content (AvgIpc) is 2.78. The first-order chi connectivity index (χ1) is 15.0. The van der Waals surface area contributed by atoms with E-state index in [1.54, 1.807) is 54.6 Å². The fourth-order valence-electron chi connectivity index (χ4n) is 2.54. The molecule has 0 saturated heterocycles. The number of halogens is 2. The Balaban J connectivity index is 1.52. The maximum atomic E-state index is 13.0. The van der Waals surface area contributed by atoms with E-state index >= 15 is 0 Å². The lowest BCUT2D eigenvalue weighted by Crippen LogP contribution is -2.24. The molecule has 1 amide bonds. The number of hydrazone groups is 1. The minimum absolute atomic E-state index is 0.222.